The molecule has 9 nitrogen and oxygen atoms in total. The number of carbonyl (C=O) groups is 1. The average molecular weight is 428 g/mol. The molecule has 0 aliphatic heterocycles. The number of nitrogens with zero attached hydrogens (tertiary/aromatic N) is 1. The summed E-state index contributed by atoms with van der Waals surface area (Å²) in [6.07, 6.45) is -0.0504. The second-order valence-electron chi connectivity index (χ2n) is 6.78. The summed E-state index contributed by atoms with van der Waals surface area (Å²) in [5.41, 5.74) is 1.73. The van der Waals surface area contributed by atoms with E-state index in [0.29, 0.717) is 39.5 Å². The quantitative estimate of drug-likeness (QED) is 0.473. The number of carboxylic acids is 1. The standard InChI is InChI=1S/C22H24N2O7/c1-13-8-14(10-16(9-13)31-7-6-30-5-4-19(25)26)21-23-17-11-15(28-2)12-18(29-3)20(17)22(27)24-21/h8-12H,4-7H2,1-3H3,(H,25,26)(H,23,24,27). The molecule has 9 heteroatoms. The number of ether oxygens (including phenoxy) is 4. The number of methoxy groups -OCH3 is 2. The maximum Gasteiger partial charge on any atom is 0.305 e. The minimum atomic E-state index is -0.906. The van der Waals surface area contributed by atoms with Crippen molar-refractivity contribution >= 4 is 16.9 Å². The van der Waals surface area contributed by atoms with Crippen LogP contribution < -0.4 is 19.8 Å². The zero-order valence-electron chi connectivity index (χ0n) is 17.6. The van der Waals surface area contributed by atoms with Crippen LogP contribution in [0.3, 0.4) is 0 Å². The van der Waals surface area contributed by atoms with Crippen molar-refractivity contribution in [2.45, 2.75) is 13.3 Å². The van der Waals surface area contributed by atoms with E-state index in [9.17, 15) is 9.59 Å². The van der Waals surface area contributed by atoms with Crippen LogP contribution in [0.25, 0.3) is 22.3 Å². The third kappa shape index (κ3) is 5.52. The number of H-pyrrole nitrogens is 1. The van der Waals surface area contributed by atoms with Gasteiger partial charge in [0.25, 0.3) is 5.56 Å². The zero-order valence-corrected chi connectivity index (χ0v) is 17.6. The molecule has 1 heterocycles. The van der Waals surface area contributed by atoms with Crippen LogP contribution in [-0.4, -0.2) is 55.1 Å². The molecule has 0 aliphatic carbocycles. The van der Waals surface area contributed by atoms with E-state index in [1.807, 2.05) is 19.1 Å². The van der Waals surface area contributed by atoms with Gasteiger partial charge in [-0.05, 0) is 30.7 Å². The lowest BCUT2D eigenvalue weighted by Gasteiger charge is -2.11. The molecule has 0 saturated carbocycles. The lowest BCUT2D eigenvalue weighted by atomic mass is 10.1. The van der Waals surface area contributed by atoms with Gasteiger partial charge in [0.15, 0.2) is 0 Å². The molecule has 0 bridgehead atoms. The number of carboxylic acid groups (broad SMARTS) is 1. The predicted octanol–water partition coefficient (Wildman–Crippen LogP) is 2.79. The zero-order chi connectivity index (χ0) is 22.4. The molecule has 2 N–H and O–H groups in total. The first-order valence-corrected chi connectivity index (χ1v) is 9.61. The number of benzene rings is 2. The van der Waals surface area contributed by atoms with Crippen LogP contribution in [0, 0.1) is 6.92 Å². The van der Waals surface area contributed by atoms with Gasteiger partial charge in [0.05, 0.1) is 39.4 Å². The summed E-state index contributed by atoms with van der Waals surface area (Å²) in [6.45, 7) is 2.57. The van der Waals surface area contributed by atoms with Crippen LogP contribution >= 0.6 is 0 Å². The molecule has 0 radical (unpaired) electrons. The highest BCUT2D eigenvalue weighted by molar-refractivity contribution is 5.87. The summed E-state index contributed by atoms with van der Waals surface area (Å²) in [4.78, 5) is 30.6. The maximum absolute atomic E-state index is 12.7. The fourth-order valence-electron chi connectivity index (χ4n) is 3.07. The number of nitrogens with one attached hydrogen (secondary N) is 1. The number of aromatic nitrogens is 2. The molecule has 2 aromatic carbocycles. The molecule has 1 aromatic heterocycles. The molecule has 31 heavy (non-hydrogen) atoms. The Morgan fingerprint density at radius 3 is 2.55 bits per heavy atom. The first-order chi connectivity index (χ1) is 14.9. The fraction of sp³-hybridized carbons (Fsp3) is 0.318. The van der Waals surface area contributed by atoms with Crippen LogP contribution in [0.1, 0.15) is 12.0 Å². The molecule has 3 rings (SSSR count). The van der Waals surface area contributed by atoms with Gasteiger partial charge < -0.3 is 29.0 Å². The van der Waals surface area contributed by atoms with Gasteiger partial charge in [0, 0.05) is 17.7 Å². The van der Waals surface area contributed by atoms with Crippen LogP contribution in [-0.2, 0) is 9.53 Å². The second-order valence-corrected chi connectivity index (χ2v) is 6.78. The third-order valence-corrected chi connectivity index (χ3v) is 4.48. The lowest BCUT2D eigenvalue weighted by Crippen LogP contribution is -2.11. The highest BCUT2D eigenvalue weighted by atomic mass is 16.5. The average Bonchev–Trinajstić information content (AvgIpc) is 2.74. The Labute approximate surface area is 178 Å². The number of hydrogen-bond acceptors (Lipinski definition) is 7. The third-order valence-electron chi connectivity index (χ3n) is 4.48. The summed E-state index contributed by atoms with van der Waals surface area (Å²) in [7, 11) is 3.02. The molecule has 3 aromatic rings. The minimum absolute atomic E-state index is 0.0504. The van der Waals surface area contributed by atoms with Gasteiger partial charge in [0.2, 0.25) is 0 Å². The Morgan fingerprint density at radius 1 is 1.03 bits per heavy atom. The Bertz CT molecular complexity index is 1140. The van der Waals surface area contributed by atoms with Gasteiger partial charge in [-0.15, -0.1) is 0 Å². The van der Waals surface area contributed by atoms with Crippen LogP contribution in [0.2, 0.25) is 0 Å². The van der Waals surface area contributed by atoms with Crippen molar-refractivity contribution in [2.24, 2.45) is 0 Å². The van der Waals surface area contributed by atoms with E-state index in [1.54, 1.807) is 18.2 Å². The Hall–Kier alpha value is -3.59. The fourth-order valence-corrected chi connectivity index (χ4v) is 3.07. The highest BCUT2D eigenvalue weighted by Gasteiger charge is 2.14. The second kappa shape index (κ2) is 9.94. The molecule has 0 spiro atoms. The highest BCUT2D eigenvalue weighted by Crippen LogP contribution is 2.29. The predicted molar refractivity (Wildman–Crippen MR) is 114 cm³/mol. The van der Waals surface area contributed by atoms with E-state index in [2.05, 4.69) is 9.97 Å². The molecular weight excluding hydrogens is 404 g/mol. The minimum Gasteiger partial charge on any atom is -0.497 e. The summed E-state index contributed by atoms with van der Waals surface area (Å²) in [5, 5.41) is 8.95. The molecule has 0 fully saturated rings. The molecule has 0 unspecified atom stereocenters. The Kier molecular flexibility index (Phi) is 7.09. The monoisotopic (exact) mass is 428 g/mol. The maximum atomic E-state index is 12.7. The van der Waals surface area contributed by atoms with Crippen molar-refractivity contribution < 1.29 is 28.8 Å². The molecule has 164 valence electrons. The van der Waals surface area contributed by atoms with Crippen LogP contribution in [0.15, 0.2) is 35.1 Å². The number of fused-ring (bicyclic) bond motifs is 1. The molecule has 0 amide bonds. The van der Waals surface area contributed by atoms with Crippen LogP contribution in [0.4, 0.5) is 0 Å². The largest absolute Gasteiger partial charge is 0.497 e. The van der Waals surface area contributed by atoms with E-state index < -0.39 is 5.97 Å². The van der Waals surface area contributed by atoms with E-state index in [4.69, 9.17) is 24.1 Å². The van der Waals surface area contributed by atoms with Gasteiger partial charge >= 0.3 is 5.97 Å². The Morgan fingerprint density at radius 2 is 1.84 bits per heavy atom. The molecule has 0 atom stereocenters. The van der Waals surface area contributed by atoms with Crippen molar-refractivity contribution in [1.82, 2.24) is 9.97 Å². The summed E-state index contributed by atoms with van der Waals surface area (Å²) >= 11 is 0. The van der Waals surface area contributed by atoms with E-state index >= 15 is 0 Å². The van der Waals surface area contributed by atoms with E-state index in [-0.39, 0.29) is 31.8 Å². The molecule has 0 aliphatic rings. The topological polar surface area (TPSA) is 120 Å². The number of aryl methyl sites for hydroxylation is 1. The van der Waals surface area contributed by atoms with Crippen molar-refractivity contribution in [1.29, 1.82) is 0 Å². The summed E-state index contributed by atoms with van der Waals surface area (Å²) in [6, 6.07) is 8.82. The van der Waals surface area contributed by atoms with Gasteiger partial charge in [-0.2, -0.15) is 0 Å². The number of hydrogen-bond donors (Lipinski definition) is 2. The van der Waals surface area contributed by atoms with Crippen molar-refractivity contribution in [2.75, 3.05) is 34.0 Å². The number of rotatable bonds is 10. The molecule has 0 saturated heterocycles. The number of aliphatic carboxylic acids is 1. The van der Waals surface area contributed by atoms with Crippen molar-refractivity contribution in [3.05, 3.63) is 46.2 Å². The van der Waals surface area contributed by atoms with Gasteiger partial charge in [-0.1, -0.05) is 0 Å². The first kappa shape index (κ1) is 22.1. The first-order valence-electron chi connectivity index (χ1n) is 9.61. The SMILES string of the molecule is COc1cc(OC)c2c(=O)[nH]c(-c3cc(C)cc(OCCOCCC(=O)O)c3)nc2c1. The number of aromatic amines is 1. The van der Waals surface area contributed by atoms with Crippen molar-refractivity contribution in [3.8, 4) is 28.6 Å². The van der Waals surface area contributed by atoms with Gasteiger partial charge in [0.1, 0.15) is 35.1 Å². The van der Waals surface area contributed by atoms with E-state index in [0.717, 1.165) is 5.56 Å². The summed E-state index contributed by atoms with van der Waals surface area (Å²) in [5.74, 6) is 0.980. The molecular formula is C22H24N2O7. The normalized spacial score (nSPS) is 10.8. The van der Waals surface area contributed by atoms with Gasteiger partial charge in [-0.25, -0.2) is 4.98 Å². The van der Waals surface area contributed by atoms with Gasteiger partial charge in [-0.3, -0.25) is 9.59 Å². The lowest BCUT2D eigenvalue weighted by molar-refractivity contribution is -0.138. The van der Waals surface area contributed by atoms with Crippen molar-refractivity contribution in [3.63, 3.8) is 0 Å². The van der Waals surface area contributed by atoms with E-state index in [1.165, 1.54) is 14.2 Å². The smallest absolute Gasteiger partial charge is 0.305 e. The summed E-state index contributed by atoms with van der Waals surface area (Å²) < 4.78 is 21.5. The Balaban J connectivity index is 1.85. The van der Waals surface area contributed by atoms with Crippen LogP contribution in [0.5, 0.6) is 17.2 Å².